The molecule has 7 heteroatoms. The van der Waals surface area contributed by atoms with Gasteiger partial charge in [-0.05, 0) is 18.4 Å². The number of halogens is 1. The number of hydrogen-bond donors (Lipinski definition) is 1. The Hall–Kier alpha value is -1.33. The molecule has 0 spiro atoms. The maximum atomic E-state index is 12.2. The number of amides is 1. The van der Waals surface area contributed by atoms with Crippen LogP contribution in [0.1, 0.15) is 12.8 Å². The molecule has 16 heavy (non-hydrogen) atoms. The third-order valence-corrected chi connectivity index (χ3v) is 2.80. The average Bonchev–Trinajstić information content (AvgIpc) is 2.29. The van der Waals surface area contributed by atoms with Crippen molar-refractivity contribution in [3.63, 3.8) is 0 Å². The van der Waals surface area contributed by atoms with Gasteiger partial charge in [0, 0.05) is 23.9 Å². The molecular formula is C9H15FN4O2. The number of carbonyl (C=O) groups excluding carboxylic acids is 1. The molecule has 1 rings (SSSR count). The largest absolute Gasteiger partial charge is 0.393 e. The van der Waals surface area contributed by atoms with Gasteiger partial charge in [0.15, 0.2) is 0 Å². The van der Waals surface area contributed by atoms with Crippen LogP contribution in [0.15, 0.2) is 5.11 Å². The van der Waals surface area contributed by atoms with Crippen molar-refractivity contribution in [3.05, 3.63) is 10.4 Å². The van der Waals surface area contributed by atoms with Crippen molar-refractivity contribution in [2.24, 2.45) is 11.0 Å². The summed E-state index contributed by atoms with van der Waals surface area (Å²) in [5, 5.41) is 12.8. The first kappa shape index (κ1) is 12.7. The van der Waals surface area contributed by atoms with Crippen molar-refractivity contribution in [1.29, 1.82) is 0 Å². The standard InChI is InChI=1S/C9H15FN4O2/c10-3-1-7-6-14(4-2-8(7)15)9(16)5-12-13-11/h7-8,15H,1-6H2/t7-,8-/m1/s1. The van der Waals surface area contributed by atoms with E-state index >= 15 is 0 Å². The van der Waals surface area contributed by atoms with Gasteiger partial charge < -0.3 is 10.0 Å². The average molecular weight is 230 g/mol. The number of aliphatic hydroxyl groups is 1. The molecule has 0 saturated carbocycles. The fourth-order valence-corrected chi connectivity index (χ4v) is 1.86. The lowest BCUT2D eigenvalue weighted by Gasteiger charge is -2.35. The van der Waals surface area contributed by atoms with E-state index in [1.165, 1.54) is 4.90 Å². The first-order valence-corrected chi connectivity index (χ1v) is 5.21. The first-order chi connectivity index (χ1) is 7.69. The van der Waals surface area contributed by atoms with Crippen LogP contribution >= 0.6 is 0 Å². The van der Waals surface area contributed by atoms with Crippen LogP contribution in [0.5, 0.6) is 0 Å². The van der Waals surface area contributed by atoms with E-state index in [-0.39, 0.29) is 24.8 Å². The van der Waals surface area contributed by atoms with Crippen molar-refractivity contribution in [2.75, 3.05) is 26.3 Å². The lowest BCUT2D eigenvalue weighted by molar-refractivity contribution is -0.133. The Morgan fingerprint density at radius 3 is 3.06 bits per heavy atom. The molecule has 1 saturated heterocycles. The van der Waals surface area contributed by atoms with Gasteiger partial charge in [0.2, 0.25) is 5.91 Å². The molecule has 90 valence electrons. The summed E-state index contributed by atoms with van der Waals surface area (Å²) in [5.74, 6) is -0.484. The number of aliphatic hydroxyl groups excluding tert-OH is 1. The van der Waals surface area contributed by atoms with Crippen LogP contribution < -0.4 is 0 Å². The van der Waals surface area contributed by atoms with E-state index in [9.17, 15) is 14.3 Å². The molecule has 0 radical (unpaired) electrons. The molecule has 6 nitrogen and oxygen atoms in total. The molecule has 1 amide bonds. The fraction of sp³-hybridized carbons (Fsp3) is 0.889. The van der Waals surface area contributed by atoms with Crippen LogP contribution in [0, 0.1) is 5.92 Å². The lowest BCUT2D eigenvalue weighted by atomic mass is 9.92. The van der Waals surface area contributed by atoms with Crippen LogP contribution in [0.3, 0.4) is 0 Å². The summed E-state index contributed by atoms with van der Waals surface area (Å²) in [4.78, 5) is 15.5. The van der Waals surface area contributed by atoms with E-state index in [0.29, 0.717) is 19.5 Å². The number of azide groups is 1. The highest BCUT2D eigenvalue weighted by Gasteiger charge is 2.29. The SMILES string of the molecule is [N-]=[N+]=NCC(=O)N1CC[C@@H](O)[C@H](CCF)C1. The molecule has 0 bridgehead atoms. The predicted octanol–water partition coefficient (Wildman–Crippen LogP) is 0.866. The van der Waals surface area contributed by atoms with Crippen LogP contribution in [-0.2, 0) is 4.79 Å². The van der Waals surface area contributed by atoms with Gasteiger partial charge >= 0.3 is 0 Å². The third-order valence-electron chi connectivity index (χ3n) is 2.80. The molecule has 0 aliphatic carbocycles. The number of rotatable bonds is 4. The zero-order valence-electron chi connectivity index (χ0n) is 8.92. The maximum absolute atomic E-state index is 12.2. The molecule has 0 unspecified atom stereocenters. The van der Waals surface area contributed by atoms with Crippen molar-refractivity contribution in [2.45, 2.75) is 18.9 Å². The lowest BCUT2D eigenvalue weighted by Crippen LogP contribution is -2.46. The first-order valence-electron chi connectivity index (χ1n) is 5.21. The van der Waals surface area contributed by atoms with E-state index < -0.39 is 12.8 Å². The summed E-state index contributed by atoms with van der Waals surface area (Å²) >= 11 is 0. The van der Waals surface area contributed by atoms with E-state index in [1.54, 1.807) is 0 Å². The normalized spacial score (nSPS) is 25.0. The van der Waals surface area contributed by atoms with Gasteiger partial charge in [0.05, 0.1) is 12.8 Å². The Labute approximate surface area is 92.7 Å². The van der Waals surface area contributed by atoms with Gasteiger partial charge in [0.1, 0.15) is 6.54 Å². The van der Waals surface area contributed by atoms with E-state index in [2.05, 4.69) is 10.0 Å². The van der Waals surface area contributed by atoms with Crippen LogP contribution in [0.25, 0.3) is 10.4 Å². The number of nitrogens with zero attached hydrogens (tertiary/aromatic N) is 4. The summed E-state index contributed by atoms with van der Waals surface area (Å²) in [5.41, 5.74) is 8.09. The molecule has 0 aromatic rings. The maximum Gasteiger partial charge on any atom is 0.228 e. The summed E-state index contributed by atoms with van der Waals surface area (Å²) in [7, 11) is 0. The molecular weight excluding hydrogens is 215 g/mol. The summed E-state index contributed by atoms with van der Waals surface area (Å²) in [6.07, 6.45) is 0.165. The smallest absolute Gasteiger partial charge is 0.228 e. The van der Waals surface area contributed by atoms with Crippen LogP contribution in [-0.4, -0.2) is 48.3 Å². The third kappa shape index (κ3) is 3.36. The number of carbonyl (C=O) groups is 1. The Morgan fingerprint density at radius 2 is 2.44 bits per heavy atom. The summed E-state index contributed by atoms with van der Waals surface area (Å²) in [6, 6.07) is 0. The van der Waals surface area contributed by atoms with E-state index in [0.717, 1.165) is 0 Å². The number of likely N-dealkylation sites (tertiary alicyclic amines) is 1. The van der Waals surface area contributed by atoms with Crippen molar-refractivity contribution < 1.29 is 14.3 Å². The Morgan fingerprint density at radius 1 is 1.69 bits per heavy atom. The Kier molecular flexibility index (Phi) is 5.01. The highest BCUT2D eigenvalue weighted by Crippen LogP contribution is 2.20. The van der Waals surface area contributed by atoms with Crippen molar-refractivity contribution >= 4 is 5.91 Å². The van der Waals surface area contributed by atoms with Gasteiger partial charge in [-0.1, -0.05) is 5.11 Å². The van der Waals surface area contributed by atoms with Gasteiger partial charge in [-0.2, -0.15) is 0 Å². The zero-order chi connectivity index (χ0) is 12.0. The van der Waals surface area contributed by atoms with Crippen LogP contribution in [0.4, 0.5) is 4.39 Å². The Bertz CT molecular complexity index is 293. The predicted molar refractivity (Wildman–Crippen MR) is 55.3 cm³/mol. The Balaban J connectivity index is 2.50. The highest BCUT2D eigenvalue weighted by molar-refractivity contribution is 5.78. The summed E-state index contributed by atoms with van der Waals surface area (Å²) in [6.45, 7) is 0.0592. The topological polar surface area (TPSA) is 89.3 Å². The number of alkyl halides is 1. The highest BCUT2D eigenvalue weighted by atomic mass is 19.1. The van der Waals surface area contributed by atoms with E-state index in [1.807, 2.05) is 0 Å². The van der Waals surface area contributed by atoms with Gasteiger partial charge in [-0.25, -0.2) is 0 Å². The minimum atomic E-state index is -0.542. The second kappa shape index (κ2) is 6.30. The molecule has 0 aromatic carbocycles. The fourth-order valence-electron chi connectivity index (χ4n) is 1.86. The number of hydrogen-bond acceptors (Lipinski definition) is 3. The molecule has 2 atom stereocenters. The molecule has 0 aromatic heterocycles. The molecule has 1 aliphatic heterocycles. The zero-order valence-corrected chi connectivity index (χ0v) is 8.92. The molecule has 1 heterocycles. The van der Waals surface area contributed by atoms with Gasteiger partial charge in [-0.15, -0.1) is 0 Å². The minimum absolute atomic E-state index is 0.213. The van der Waals surface area contributed by atoms with Crippen molar-refractivity contribution in [3.8, 4) is 0 Å². The second-order valence-corrected chi connectivity index (χ2v) is 3.82. The second-order valence-electron chi connectivity index (χ2n) is 3.82. The van der Waals surface area contributed by atoms with Crippen LogP contribution in [0.2, 0.25) is 0 Å². The minimum Gasteiger partial charge on any atom is -0.393 e. The van der Waals surface area contributed by atoms with Gasteiger partial charge in [-0.3, -0.25) is 9.18 Å². The van der Waals surface area contributed by atoms with Gasteiger partial charge in [0.25, 0.3) is 0 Å². The van der Waals surface area contributed by atoms with E-state index in [4.69, 9.17) is 5.53 Å². The molecule has 1 N–H and O–H groups in total. The molecule has 1 fully saturated rings. The quantitative estimate of drug-likeness (QED) is 0.441. The number of piperidine rings is 1. The monoisotopic (exact) mass is 230 g/mol. The summed E-state index contributed by atoms with van der Waals surface area (Å²) < 4.78 is 12.2. The van der Waals surface area contributed by atoms with Crippen molar-refractivity contribution in [1.82, 2.24) is 4.90 Å². The molecule has 1 aliphatic rings.